The van der Waals surface area contributed by atoms with Crippen molar-refractivity contribution in [2.24, 2.45) is 0 Å². The van der Waals surface area contributed by atoms with E-state index in [2.05, 4.69) is 5.32 Å². The first-order chi connectivity index (χ1) is 18.8. The van der Waals surface area contributed by atoms with Crippen LogP contribution < -0.4 is 10.2 Å². The molecule has 6 nitrogen and oxygen atoms in total. The van der Waals surface area contributed by atoms with Crippen LogP contribution in [0.15, 0.2) is 54.6 Å². The SMILES string of the molecule is C[C@H](C(=O)NC1CCCCC1)N(Cc1ccc(Cl)cc1Cl)C(=O)CCCN1C(=O)c2cccc3cccc1c23. The fourth-order valence-corrected chi connectivity index (χ4v) is 6.19. The van der Waals surface area contributed by atoms with Crippen LogP contribution in [0.3, 0.4) is 0 Å². The Kier molecular flexibility index (Phi) is 8.43. The van der Waals surface area contributed by atoms with Crippen molar-refractivity contribution in [3.8, 4) is 0 Å². The van der Waals surface area contributed by atoms with E-state index in [1.807, 2.05) is 36.4 Å². The van der Waals surface area contributed by atoms with Gasteiger partial charge in [-0.3, -0.25) is 14.4 Å². The Labute approximate surface area is 239 Å². The number of carbonyl (C=O) groups is 3. The lowest BCUT2D eigenvalue weighted by molar-refractivity contribution is -0.141. The smallest absolute Gasteiger partial charge is 0.258 e. The van der Waals surface area contributed by atoms with E-state index < -0.39 is 6.04 Å². The molecule has 204 valence electrons. The van der Waals surface area contributed by atoms with Crippen molar-refractivity contribution >= 4 is 57.4 Å². The molecule has 1 N–H and O–H groups in total. The molecule has 1 atom stereocenters. The molecule has 39 heavy (non-hydrogen) atoms. The number of halogens is 2. The number of hydrogen-bond acceptors (Lipinski definition) is 3. The van der Waals surface area contributed by atoms with Gasteiger partial charge < -0.3 is 15.1 Å². The van der Waals surface area contributed by atoms with Crippen molar-refractivity contribution < 1.29 is 14.4 Å². The second kappa shape index (κ2) is 12.0. The predicted molar refractivity (Wildman–Crippen MR) is 156 cm³/mol. The minimum atomic E-state index is -0.669. The highest BCUT2D eigenvalue weighted by molar-refractivity contribution is 6.35. The monoisotopic (exact) mass is 565 g/mol. The van der Waals surface area contributed by atoms with Gasteiger partial charge in [0.05, 0.1) is 5.69 Å². The zero-order chi connectivity index (χ0) is 27.5. The van der Waals surface area contributed by atoms with Crippen LogP contribution in [-0.4, -0.2) is 41.2 Å². The molecule has 1 aliphatic heterocycles. The molecule has 0 unspecified atom stereocenters. The van der Waals surface area contributed by atoms with Crippen LogP contribution in [0.4, 0.5) is 5.69 Å². The Morgan fingerprint density at radius 3 is 2.54 bits per heavy atom. The van der Waals surface area contributed by atoms with Crippen LogP contribution in [0.25, 0.3) is 10.8 Å². The summed E-state index contributed by atoms with van der Waals surface area (Å²) in [7, 11) is 0. The molecule has 1 fully saturated rings. The van der Waals surface area contributed by atoms with E-state index in [-0.39, 0.29) is 36.7 Å². The molecule has 2 aliphatic rings. The highest BCUT2D eigenvalue weighted by atomic mass is 35.5. The van der Waals surface area contributed by atoms with E-state index in [4.69, 9.17) is 23.2 Å². The lowest BCUT2D eigenvalue weighted by atomic mass is 9.95. The summed E-state index contributed by atoms with van der Waals surface area (Å²) in [5.41, 5.74) is 2.30. The summed E-state index contributed by atoms with van der Waals surface area (Å²) >= 11 is 12.5. The van der Waals surface area contributed by atoms with Crippen LogP contribution in [0.5, 0.6) is 0 Å². The number of nitrogens with one attached hydrogen (secondary N) is 1. The molecule has 5 rings (SSSR count). The van der Waals surface area contributed by atoms with Gasteiger partial charge in [-0.05, 0) is 61.4 Å². The molecule has 3 amide bonds. The molecule has 3 aromatic rings. The first kappa shape index (κ1) is 27.5. The third kappa shape index (κ3) is 5.92. The van der Waals surface area contributed by atoms with Crippen molar-refractivity contribution in [3.05, 3.63) is 75.8 Å². The van der Waals surface area contributed by atoms with Crippen molar-refractivity contribution in [1.29, 1.82) is 0 Å². The van der Waals surface area contributed by atoms with Crippen molar-refractivity contribution in [2.45, 2.75) is 70.5 Å². The van der Waals surface area contributed by atoms with Gasteiger partial charge in [-0.15, -0.1) is 0 Å². The van der Waals surface area contributed by atoms with Gasteiger partial charge in [-0.1, -0.05) is 72.8 Å². The number of rotatable bonds is 9. The highest BCUT2D eigenvalue weighted by Gasteiger charge is 2.31. The zero-order valence-corrected chi connectivity index (χ0v) is 23.6. The molecule has 0 bridgehead atoms. The molecule has 0 saturated heterocycles. The maximum absolute atomic E-state index is 13.6. The minimum absolute atomic E-state index is 0.0423. The van der Waals surface area contributed by atoms with Crippen LogP contribution in [0.2, 0.25) is 10.0 Å². The lowest BCUT2D eigenvalue weighted by Gasteiger charge is -2.31. The molecule has 3 aromatic carbocycles. The minimum Gasteiger partial charge on any atom is -0.352 e. The first-order valence-corrected chi connectivity index (χ1v) is 14.5. The molecule has 0 spiro atoms. The summed E-state index contributed by atoms with van der Waals surface area (Å²) in [6.45, 7) is 2.37. The summed E-state index contributed by atoms with van der Waals surface area (Å²) in [4.78, 5) is 43.3. The van der Waals surface area contributed by atoms with Gasteiger partial charge in [0.15, 0.2) is 0 Å². The Bertz CT molecular complexity index is 1400. The number of benzene rings is 3. The molecule has 1 heterocycles. The third-order valence-corrected chi connectivity index (χ3v) is 8.48. The van der Waals surface area contributed by atoms with Crippen LogP contribution in [0.1, 0.15) is 67.8 Å². The topological polar surface area (TPSA) is 69.7 Å². The van der Waals surface area contributed by atoms with Gasteiger partial charge >= 0.3 is 0 Å². The average Bonchev–Trinajstić information content (AvgIpc) is 3.21. The number of hydrogen-bond donors (Lipinski definition) is 1. The Hall–Kier alpha value is -3.09. The summed E-state index contributed by atoms with van der Waals surface area (Å²) in [6.07, 6.45) is 6.01. The molecule has 8 heteroatoms. The standard InChI is InChI=1S/C31H33Cl2N3O3/c1-20(30(38)34-24-10-3-2-4-11-24)36(19-22-15-16-23(32)18-26(22)33)28(37)14-7-17-35-27-13-6-9-21-8-5-12-25(29(21)27)31(35)39/h5-6,8-9,12-13,15-16,18,20,24H,2-4,7,10-11,14,17,19H2,1H3,(H,34,38)/t20-/m1/s1. The number of carbonyl (C=O) groups excluding carboxylic acids is 3. The van der Waals surface area contributed by atoms with E-state index in [0.29, 0.717) is 28.6 Å². The summed E-state index contributed by atoms with van der Waals surface area (Å²) in [5, 5.41) is 6.10. The lowest BCUT2D eigenvalue weighted by Crippen LogP contribution is -2.50. The quantitative estimate of drug-likeness (QED) is 0.312. The Balaban J connectivity index is 1.28. The molecule has 0 radical (unpaired) electrons. The van der Waals surface area contributed by atoms with E-state index in [1.165, 1.54) is 6.42 Å². The maximum Gasteiger partial charge on any atom is 0.258 e. The molecule has 1 saturated carbocycles. The van der Waals surface area contributed by atoms with Crippen molar-refractivity contribution in [1.82, 2.24) is 10.2 Å². The number of amides is 3. The van der Waals surface area contributed by atoms with E-state index in [1.54, 1.807) is 34.9 Å². The maximum atomic E-state index is 13.6. The highest BCUT2D eigenvalue weighted by Crippen LogP contribution is 2.37. The van der Waals surface area contributed by atoms with Gasteiger partial charge in [0.1, 0.15) is 6.04 Å². The van der Waals surface area contributed by atoms with Gasteiger partial charge in [-0.2, -0.15) is 0 Å². The second-order valence-electron chi connectivity index (χ2n) is 10.5. The molecular weight excluding hydrogens is 533 g/mol. The van der Waals surface area contributed by atoms with Gasteiger partial charge in [0.2, 0.25) is 11.8 Å². The van der Waals surface area contributed by atoms with E-state index >= 15 is 0 Å². The average molecular weight is 567 g/mol. The zero-order valence-electron chi connectivity index (χ0n) is 22.1. The molecule has 0 aromatic heterocycles. The summed E-state index contributed by atoms with van der Waals surface area (Å²) in [6, 6.07) is 16.3. The van der Waals surface area contributed by atoms with Crippen LogP contribution in [0, 0.1) is 0 Å². The fourth-order valence-electron chi connectivity index (χ4n) is 5.72. The number of anilines is 1. The van der Waals surface area contributed by atoms with Crippen molar-refractivity contribution in [3.63, 3.8) is 0 Å². The molecule has 1 aliphatic carbocycles. The van der Waals surface area contributed by atoms with E-state index in [9.17, 15) is 14.4 Å². The van der Waals surface area contributed by atoms with Crippen molar-refractivity contribution in [2.75, 3.05) is 11.4 Å². The van der Waals surface area contributed by atoms with Crippen LogP contribution in [-0.2, 0) is 16.1 Å². The third-order valence-electron chi connectivity index (χ3n) is 7.90. The van der Waals surface area contributed by atoms with E-state index in [0.717, 1.165) is 47.7 Å². The van der Waals surface area contributed by atoms with Gasteiger partial charge in [0, 0.05) is 46.5 Å². The fraction of sp³-hybridized carbons (Fsp3) is 0.387. The summed E-state index contributed by atoms with van der Waals surface area (Å²) < 4.78 is 0. The first-order valence-electron chi connectivity index (χ1n) is 13.7. The normalized spacial score (nSPS) is 16.0. The predicted octanol–water partition coefficient (Wildman–Crippen LogP) is 6.75. The Morgan fingerprint density at radius 1 is 1.05 bits per heavy atom. The number of nitrogens with zero attached hydrogens (tertiary/aromatic N) is 2. The summed E-state index contributed by atoms with van der Waals surface area (Å²) in [5.74, 6) is -0.355. The second-order valence-corrected chi connectivity index (χ2v) is 11.4. The van der Waals surface area contributed by atoms with Crippen LogP contribution >= 0.6 is 23.2 Å². The largest absolute Gasteiger partial charge is 0.352 e. The van der Waals surface area contributed by atoms with Gasteiger partial charge in [0.25, 0.3) is 5.91 Å². The van der Waals surface area contributed by atoms with Gasteiger partial charge in [-0.25, -0.2) is 0 Å². The Morgan fingerprint density at radius 2 is 1.79 bits per heavy atom. The molecular formula is C31H33Cl2N3O3.